The van der Waals surface area contributed by atoms with Crippen LogP contribution in [0.15, 0.2) is 0 Å². The van der Waals surface area contributed by atoms with E-state index in [1.807, 2.05) is 6.92 Å². The summed E-state index contributed by atoms with van der Waals surface area (Å²) in [5.41, 5.74) is 0. The third-order valence-electron chi connectivity index (χ3n) is 2.20. The van der Waals surface area contributed by atoms with Crippen molar-refractivity contribution in [3.05, 3.63) is 0 Å². The lowest BCUT2D eigenvalue weighted by Crippen LogP contribution is -2.41. The van der Waals surface area contributed by atoms with Crippen molar-refractivity contribution in [2.24, 2.45) is 0 Å². The Balaban J connectivity index is 0.00000144. The van der Waals surface area contributed by atoms with E-state index < -0.39 is 0 Å². The molecule has 4 nitrogen and oxygen atoms in total. The summed E-state index contributed by atoms with van der Waals surface area (Å²) in [6.07, 6.45) is 0.773. The van der Waals surface area contributed by atoms with Gasteiger partial charge in [0.1, 0.15) is 12.6 Å². The van der Waals surface area contributed by atoms with Gasteiger partial charge in [-0.05, 0) is 6.92 Å². The summed E-state index contributed by atoms with van der Waals surface area (Å²) in [6, 6.07) is 0. The first kappa shape index (κ1) is 12.8. The Bertz CT molecular complexity index is 145. The van der Waals surface area contributed by atoms with Crippen LogP contribution in [-0.2, 0) is 4.74 Å². The average Bonchev–Trinajstić information content (AvgIpc) is 2.07. The van der Waals surface area contributed by atoms with Gasteiger partial charge in [-0.1, -0.05) is 0 Å². The monoisotopic (exact) mass is 191 g/mol. The minimum Gasteiger partial charge on any atom is -0.870 e. The van der Waals surface area contributed by atoms with E-state index in [4.69, 9.17) is 4.74 Å². The highest BCUT2D eigenvalue weighted by atomic mass is 16.5. The third-order valence-corrected chi connectivity index (χ3v) is 2.20. The number of quaternary nitrogens is 1. The second kappa shape index (κ2) is 4.37. The second-order valence-electron chi connectivity index (χ2n) is 4.74. The first-order valence-electron chi connectivity index (χ1n) is 4.52. The molecule has 0 saturated carbocycles. The Morgan fingerprint density at radius 3 is 2.23 bits per heavy atom. The molecule has 0 aromatic rings. The standard InChI is InChI=1S/C9H20NO2.H2O/c1-7-9(11)5-8(12-7)6-10(2,3)4;/h7-9,11H,5-6H2,1-4H3;1H2/q+1;/p-1/t7-,8-,9+;/m0./s1. The van der Waals surface area contributed by atoms with Crippen LogP contribution in [0.4, 0.5) is 0 Å². The number of nitrogens with zero attached hydrogens (tertiary/aromatic N) is 1. The average molecular weight is 191 g/mol. The number of hydrogen-bond acceptors (Lipinski definition) is 3. The van der Waals surface area contributed by atoms with Gasteiger partial charge in [0.15, 0.2) is 0 Å². The summed E-state index contributed by atoms with van der Waals surface area (Å²) in [5, 5.41) is 9.43. The van der Waals surface area contributed by atoms with Crippen LogP contribution in [0.1, 0.15) is 13.3 Å². The van der Waals surface area contributed by atoms with Crippen molar-refractivity contribution in [2.75, 3.05) is 27.7 Å². The van der Waals surface area contributed by atoms with E-state index in [2.05, 4.69) is 21.1 Å². The number of rotatable bonds is 2. The molecule has 0 aromatic heterocycles. The van der Waals surface area contributed by atoms with Gasteiger partial charge < -0.3 is 19.8 Å². The summed E-state index contributed by atoms with van der Waals surface area (Å²) in [4.78, 5) is 0. The van der Waals surface area contributed by atoms with Crippen LogP contribution < -0.4 is 0 Å². The molecule has 1 rings (SSSR count). The molecule has 4 heteroatoms. The van der Waals surface area contributed by atoms with Gasteiger partial charge in [-0.2, -0.15) is 0 Å². The number of likely N-dealkylation sites (N-methyl/N-ethyl adjacent to an activating group) is 1. The molecule has 0 unspecified atom stereocenters. The topological polar surface area (TPSA) is 59.5 Å². The number of hydrogen-bond donors (Lipinski definition) is 1. The highest BCUT2D eigenvalue weighted by Gasteiger charge is 2.33. The summed E-state index contributed by atoms with van der Waals surface area (Å²) in [5.74, 6) is 0. The van der Waals surface area contributed by atoms with Gasteiger partial charge in [0.25, 0.3) is 0 Å². The quantitative estimate of drug-likeness (QED) is 0.628. The zero-order chi connectivity index (χ0) is 9.35. The zero-order valence-corrected chi connectivity index (χ0v) is 8.90. The molecule has 1 fully saturated rings. The van der Waals surface area contributed by atoms with Crippen LogP contribution in [0.25, 0.3) is 0 Å². The molecular formula is C9H21NO3. The van der Waals surface area contributed by atoms with E-state index in [0.29, 0.717) is 0 Å². The van der Waals surface area contributed by atoms with Crippen molar-refractivity contribution in [1.82, 2.24) is 0 Å². The van der Waals surface area contributed by atoms with Crippen molar-refractivity contribution in [2.45, 2.75) is 31.7 Å². The maximum Gasteiger partial charge on any atom is 0.109 e. The molecule has 0 amide bonds. The van der Waals surface area contributed by atoms with Crippen LogP contribution >= 0.6 is 0 Å². The molecule has 1 aliphatic rings. The Labute approximate surface area is 80.0 Å². The predicted molar refractivity (Wildman–Crippen MR) is 49.8 cm³/mol. The number of ether oxygens (including phenoxy) is 1. The SMILES string of the molecule is C[C@@H]1O[C@H](C[N+](C)(C)C)C[C@H]1O.[OH-]. The van der Waals surface area contributed by atoms with Crippen molar-refractivity contribution in [3.63, 3.8) is 0 Å². The van der Waals surface area contributed by atoms with Gasteiger partial charge in [0.05, 0.1) is 33.4 Å². The maximum atomic E-state index is 9.43. The fourth-order valence-electron chi connectivity index (χ4n) is 1.64. The van der Waals surface area contributed by atoms with Gasteiger partial charge in [0, 0.05) is 6.42 Å². The summed E-state index contributed by atoms with van der Waals surface area (Å²) in [7, 11) is 6.41. The molecule has 1 saturated heterocycles. The van der Waals surface area contributed by atoms with Crippen LogP contribution in [0.2, 0.25) is 0 Å². The molecule has 3 atom stereocenters. The minimum absolute atomic E-state index is 0. The van der Waals surface area contributed by atoms with E-state index in [1.165, 1.54) is 0 Å². The summed E-state index contributed by atoms with van der Waals surface area (Å²) < 4.78 is 6.48. The second-order valence-corrected chi connectivity index (χ2v) is 4.74. The van der Waals surface area contributed by atoms with Crippen LogP contribution in [0, 0.1) is 0 Å². The molecule has 2 N–H and O–H groups in total. The van der Waals surface area contributed by atoms with E-state index in [9.17, 15) is 5.11 Å². The Kier molecular flexibility index (Phi) is 4.32. The van der Waals surface area contributed by atoms with Gasteiger partial charge in [0.2, 0.25) is 0 Å². The molecule has 0 aliphatic carbocycles. The smallest absolute Gasteiger partial charge is 0.109 e. The highest BCUT2D eigenvalue weighted by molar-refractivity contribution is 4.78. The number of aliphatic hydroxyl groups is 1. The largest absolute Gasteiger partial charge is 0.870 e. The maximum absolute atomic E-state index is 9.43. The van der Waals surface area contributed by atoms with E-state index in [-0.39, 0.29) is 23.8 Å². The molecule has 0 spiro atoms. The molecule has 1 aliphatic heterocycles. The normalized spacial score (nSPS) is 34.4. The molecule has 0 bridgehead atoms. The van der Waals surface area contributed by atoms with Crippen molar-refractivity contribution in [3.8, 4) is 0 Å². The Morgan fingerprint density at radius 2 is 1.92 bits per heavy atom. The highest BCUT2D eigenvalue weighted by Crippen LogP contribution is 2.21. The lowest BCUT2D eigenvalue weighted by atomic mass is 10.1. The van der Waals surface area contributed by atoms with Crippen molar-refractivity contribution >= 4 is 0 Å². The van der Waals surface area contributed by atoms with Crippen LogP contribution in [0.3, 0.4) is 0 Å². The molecule has 0 aromatic carbocycles. The summed E-state index contributed by atoms with van der Waals surface area (Å²) in [6.45, 7) is 2.90. The zero-order valence-electron chi connectivity index (χ0n) is 8.90. The van der Waals surface area contributed by atoms with Crippen LogP contribution in [0.5, 0.6) is 0 Å². The van der Waals surface area contributed by atoms with Crippen LogP contribution in [-0.4, -0.2) is 61.1 Å². The fourth-order valence-corrected chi connectivity index (χ4v) is 1.64. The lowest BCUT2D eigenvalue weighted by Gasteiger charge is -2.26. The first-order chi connectivity index (χ1) is 5.38. The number of aliphatic hydroxyl groups excluding tert-OH is 1. The predicted octanol–water partition coefficient (Wildman–Crippen LogP) is 0.0541. The third kappa shape index (κ3) is 4.04. The van der Waals surface area contributed by atoms with E-state index >= 15 is 0 Å². The summed E-state index contributed by atoms with van der Waals surface area (Å²) >= 11 is 0. The Morgan fingerprint density at radius 1 is 1.38 bits per heavy atom. The van der Waals surface area contributed by atoms with Crippen molar-refractivity contribution in [1.29, 1.82) is 0 Å². The first-order valence-corrected chi connectivity index (χ1v) is 4.52. The molecule has 13 heavy (non-hydrogen) atoms. The van der Waals surface area contributed by atoms with Gasteiger partial charge in [-0.15, -0.1) is 0 Å². The van der Waals surface area contributed by atoms with Gasteiger partial charge in [-0.25, -0.2) is 0 Å². The fraction of sp³-hybridized carbons (Fsp3) is 1.00. The van der Waals surface area contributed by atoms with Gasteiger partial charge >= 0.3 is 0 Å². The van der Waals surface area contributed by atoms with E-state index in [0.717, 1.165) is 17.4 Å². The van der Waals surface area contributed by atoms with E-state index in [1.54, 1.807) is 0 Å². The Hall–Kier alpha value is -0.160. The lowest BCUT2D eigenvalue weighted by molar-refractivity contribution is -0.873. The molecule has 1 heterocycles. The van der Waals surface area contributed by atoms with Gasteiger partial charge in [-0.3, -0.25) is 0 Å². The van der Waals surface area contributed by atoms with Crippen molar-refractivity contribution < 1.29 is 19.8 Å². The molecule has 80 valence electrons. The molecule has 0 radical (unpaired) electrons. The molecular weight excluding hydrogens is 170 g/mol. The minimum atomic E-state index is -0.262.